The minimum Gasteiger partial charge on any atom is -0.478 e. The Kier molecular flexibility index (Phi) is 3.55. The minimum atomic E-state index is -0.953. The molecule has 0 radical (unpaired) electrons. The van der Waals surface area contributed by atoms with Crippen molar-refractivity contribution in [1.82, 2.24) is 9.78 Å². The molecule has 5 heteroatoms. The van der Waals surface area contributed by atoms with Gasteiger partial charge in [-0.2, -0.15) is 5.10 Å². The largest absolute Gasteiger partial charge is 0.478 e. The van der Waals surface area contributed by atoms with Crippen LogP contribution in [0.2, 0.25) is 0 Å². The first-order chi connectivity index (χ1) is 8.99. The van der Waals surface area contributed by atoms with Gasteiger partial charge in [-0.1, -0.05) is 17.7 Å². The zero-order valence-electron chi connectivity index (χ0n) is 11.3. The number of nitrogens with zero attached hydrogens (tertiary/aromatic N) is 2. The summed E-state index contributed by atoms with van der Waals surface area (Å²) in [7, 11) is 1.74. The van der Waals surface area contributed by atoms with E-state index in [1.165, 1.54) is 11.8 Å². The van der Waals surface area contributed by atoms with Gasteiger partial charge in [-0.25, -0.2) is 4.79 Å². The predicted molar refractivity (Wildman–Crippen MR) is 73.4 cm³/mol. The Morgan fingerprint density at radius 1 is 1.42 bits per heavy atom. The zero-order chi connectivity index (χ0) is 14.0. The third-order valence-corrected chi connectivity index (χ3v) is 3.12. The van der Waals surface area contributed by atoms with Crippen molar-refractivity contribution in [3.05, 3.63) is 46.8 Å². The second-order valence-corrected chi connectivity index (χ2v) is 4.61. The molecule has 2 aromatic rings. The van der Waals surface area contributed by atoms with Crippen molar-refractivity contribution >= 4 is 11.7 Å². The summed E-state index contributed by atoms with van der Waals surface area (Å²) in [5, 5.41) is 16.3. The standard InChI is InChI=1S/C14H17N3O2/c1-9-4-5-12(10(2)6-9)15-8-13-11(14(18)19)7-16-17(13)3/h4-7,15H,8H2,1-3H3,(H,18,19). The topological polar surface area (TPSA) is 67.2 Å². The molecule has 0 unspecified atom stereocenters. The number of benzene rings is 1. The van der Waals surface area contributed by atoms with Gasteiger partial charge in [0.05, 0.1) is 18.4 Å². The molecular weight excluding hydrogens is 242 g/mol. The summed E-state index contributed by atoms with van der Waals surface area (Å²) in [6, 6.07) is 6.11. The second kappa shape index (κ2) is 5.14. The molecule has 0 atom stereocenters. The number of anilines is 1. The van der Waals surface area contributed by atoms with E-state index in [0.29, 0.717) is 12.2 Å². The number of rotatable bonds is 4. The van der Waals surface area contributed by atoms with E-state index in [-0.39, 0.29) is 5.56 Å². The minimum absolute atomic E-state index is 0.236. The highest BCUT2D eigenvalue weighted by Gasteiger charge is 2.14. The Balaban J connectivity index is 2.19. The lowest BCUT2D eigenvalue weighted by molar-refractivity contribution is 0.0695. The van der Waals surface area contributed by atoms with Crippen LogP contribution in [0.25, 0.3) is 0 Å². The van der Waals surface area contributed by atoms with Crippen LogP contribution in [-0.4, -0.2) is 20.9 Å². The maximum atomic E-state index is 11.1. The van der Waals surface area contributed by atoms with Gasteiger partial charge in [0.2, 0.25) is 0 Å². The fourth-order valence-electron chi connectivity index (χ4n) is 2.04. The summed E-state index contributed by atoms with van der Waals surface area (Å²) >= 11 is 0. The third kappa shape index (κ3) is 2.76. The van der Waals surface area contributed by atoms with Gasteiger partial charge in [0, 0.05) is 12.7 Å². The molecule has 100 valence electrons. The number of aryl methyl sites for hydroxylation is 3. The second-order valence-electron chi connectivity index (χ2n) is 4.61. The molecule has 0 saturated carbocycles. The van der Waals surface area contributed by atoms with Crippen LogP contribution in [0.1, 0.15) is 27.2 Å². The summed E-state index contributed by atoms with van der Waals surface area (Å²) in [6.07, 6.45) is 1.38. The van der Waals surface area contributed by atoms with Gasteiger partial charge in [-0.05, 0) is 25.5 Å². The van der Waals surface area contributed by atoms with Gasteiger partial charge in [0.1, 0.15) is 5.56 Å². The Hall–Kier alpha value is -2.30. The highest BCUT2D eigenvalue weighted by atomic mass is 16.4. The van der Waals surface area contributed by atoms with Crippen LogP contribution in [-0.2, 0) is 13.6 Å². The van der Waals surface area contributed by atoms with Gasteiger partial charge in [-0.15, -0.1) is 0 Å². The fourth-order valence-corrected chi connectivity index (χ4v) is 2.04. The molecule has 0 amide bonds. The van der Waals surface area contributed by atoms with Crippen molar-refractivity contribution in [3.8, 4) is 0 Å². The molecule has 0 aliphatic rings. The van der Waals surface area contributed by atoms with Crippen LogP contribution >= 0.6 is 0 Å². The molecule has 1 aromatic carbocycles. The van der Waals surface area contributed by atoms with Crippen molar-refractivity contribution in [2.45, 2.75) is 20.4 Å². The Morgan fingerprint density at radius 3 is 2.79 bits per heavy atom. The quantitative estimate of drug-likeness (QED) is 0.884. The number of aromatic carboxylic acids is 1. The Morgan fingerprint density at radius 2 is 2.16 bits per heavy atom. The fraction of sp³-hybridized carbons (Fsp3) is 0.286. The first-order valence-corrected chi connectivity index (χ1v) is 6.04. The molecule has 1 heterocycles. The van der Waals surface area contributed by atoms with E-state index in [4.69, 9.17) is 5.11 Å². The number of hydrogen-bond donors (Lipinski definition) is 2. The molecule has 2 rings (SSSR count). The van der Waals surface area contributed by atoms with Gasteiger partial charge in [0.15, 0.2) is 0 Å². The highest BCUT2D eigenvalue weighted by molar-refractivity contribution is 5.88. The lowest BCUT2D eigenvalue weighted by Crippen LogP contribution is -2.10. The zero-order valence-corrected chi connectivity index (χ0v) is 11.3. The first kappa shape index (κ1) is 13.1. The lowest BCUT2D eigenvalue weighted by atomic mass is 10.1. The molecule has 0 aliphatic heterocycles. The SMILES string of the molecule is Cc1ccc(NCc2c(C(=O)O)cnn2C)c(C)c1. The summed E-state index contributed by atoms with van der Waals surface area (Å²) in [6.45, 7) is 4.50. The maximum absolute atomic E-state index is 11.1. The van der Waals surface area contributed by atoms with E-state index in [0.717, 1.165) is 11.3 Å². The van der Waals surface area contributed by atoms with E-state index >= 15 is 0 Å². The van der Waals surface area contributed by atoms with E-state index < -0.39 is 5.97 Å². The number of nitrogens with one attached hydrogen (secondary N) is 1. The smallest absolute Gasteiger partial charge is 0.339 e. The summed E-state index contributed by atoms with van der Waals surface area (Å²) in [5.74, 6) is -0.953. The Bertz CT molecular complexity index is 617. The molecule has 19 heavy (non-hydrogen) atoms. The number of hydrogen-bond acceptors (Lipinski definition) is 3. The number of carboxylic acid groups (broad SMARTS) is 1. The molecule has 0 bridgehead atoms. The van der Waals surface area contributed by atoms with Crippen LogP contribution in [0.5, 0.6) is 0 Å². The summed E-state index contributed by atoms with van der Waals surface area (Å²) in [4.78, 5) is 11.1. The van der Waals surface area contributed by atoms with Crippen molar-refractivity contribution in [1.29, 1.82) is 0 Å². The van der Waals surface area contributed by atoms with Crippen LogP contribution in [0, 0.1) is 13.8 Å². The maximum Gasteiger partial charge on any atom is 0.339 e. The van der Waals surface area contributed by atoms with E-state index in [1.54, 1.807) is 11.7 Å². The van der Waals surface area contributed by atoms with Crippen molar-refractivity contribution in [2.24, 2.45) is 7.05 Å². The van der Waals surface area contributed by atoms with Crippen LogP contribution < -0.4 is 5.32 Å². The highest BCUT2D eigenvalue weighted by Crippen LogP contribution is 2.18. The van der Waals surface area contributed by atoms with Crippen LogP contribution in [0.3, 0.4) is 0 Å². The summed E-state index contributed by atoms with van der Waals surface area (Å²) in [5.41, 5.74) is 4.24. The van der Waals surface area contributed by atoms with Crippen LogP contribution in [0.4, 0.5) is 5.69 Å². The normalized spacial score (nSPS) is 10.5. The Labute approximate surface area is 111 Å². The average molecular weight is 259 g/mol. The van der Waals surface area contributed by atoms with Gasteiger partial charge < -0.3 is 10.4 Å². The van der Waals surface area contributed by atoms with Crippen LogP contribution in [0.15, 0.2) is 24.4 Å². The molecule has 1 aromatic heterocycles. The average Bonchev–Trinajstić information content (AvgIpc) is 2.70. The number of carbonyl (C=O) groups is 1. The van der Waals surface area contributed by atoms with Gasteiger partial charge >= 0.3 is 5.97 Å². The van der Waals surface area contributed by atoms with Crippen molar-refractivity contribution < 1.29 is 9.90 Å². The van der Waals surface area contributed by atoms with E-state index in [2.05, 4.69) is 16.5 Å². The van der Waals surface area contributed by atoms with Gasteiger partial charge in [-0.3, -0.25) is 4.68 Å². The summed E-state index contributed by atoms with van der Waals surface area (Å²) < 4.78 is 1.58. The van der Waals surface area contributed by atoms with Gasteiger partial charge in [0.25, 0.3) is 0 Å². The number of aromatic nitrogens is 2. The molecule has 0 fully saturated rings. The number of carboxylic acids is 1. The van der Waals surface area contributed by atoms with Crippen molar-refractivity contribution in [2.75, 3.05) is 5.32 Å². The monoisotopic (exact) mass is 259 g/mol. The van der Waals surface area contributed by atoms with E-state index in [9.17, 15) is 4.79 Å². The molecular formula is C14H17N3O2. The lowest BCUT2D eigenvalue weighted by Gasteiger charge is -2.11. The molecule has 0 saturated heterocycles. The third-order valence-electron chi connectivity index (χ3n) is 3.12. The van der Waals surface area contributed by atoms with E-state index in [1.807, 2.05) is 26.0 Å². The molecule has 2 N–H and O–H groups in total. The molecule has 0 spiro atoms. The molecule has 0 aliphatic carbocycles. The molecule has 5 nitrogen and oxygen atoms in total. The first-order valence-electron chi connectivity index (χ1n) is 6.04. The van der Waals surface area contributed by atoms with Crippen molar-refractivity contribution in [3.63, 3.8) is 0 Å². The predicted octanol–water partition coefficient (Wildman–Crippen LogP) is 2.35.